The second-order valence-electron chi connectivity index (χ2n) is 9.13. The van der Waals surface area contributed by atoms with Gasteiger partial charge in [0.05, 0.1) is 23.6 Å². The molecule has 4 N–H and O–H groups in total. The first kappa shape index (κ1) is 25.0. The van der Waals surface area contributed by atoms with E-state index in [-0.39, 0.29) is 23.3 Å². The molecule has 190 valence electrons. The fourth-order valence-electron chi connectivity index (χ4n) is 4.65. The summed E-state index contributed by atoms with van der Waals surface area (Å²) >= 11 is 0. The average molecular weight is 516 g/mol. The predicted molar refractivity (Wildman–Crippen MR) is 143 cm³/mol. The van der Waals surface area contributed by atoms with Crippen LogP contribution in [0.4, 0.5) is 0 Å². The summed E-state index contributed by atoms with van der Waals surface area (Å²) in [4.78, 5) is 13.4. The highest BCUT2D eigenvalue weighted by atomic mass is 32.2. The SMILES string of the molecule is NCc1ccc2c(c1)OCCC2NC(=O)CC(NS(=O)(=O)c1ccc2ccccc2c1)c1ccccc1. The van der Waals surface area contributed by atoms with Crippen molar-refractivity contribution in [2.75, 3.05) is 6.61 Å². The standard InChI is InChI=1S/C29H29N3O4S/c30-19-20-10-13-25-26(14-15-36-28(25)16-20)31-29(33)18-27(22-7-2-1-3-8-22)32-37(34,35)24-12-11-21-6-4-5-9-23(21)17-24/h1-13,16-17,26-27,32H,14-15,18-19,30H2,(H,31,33). The summed E-state index contributed by atoms with van der Waals surface area (Å²) < 4.78 is 35.3. The van der Waals surface area contributed by atoms with Crippen LogP contribution in [0.1, 0.15) is 41.6 Å². The van der Waals surface area contributed by atoms with E-state index >= 15 is 0 Å². The highest BCUT2D eigenvalue weighted by Crippen LogP contribution is 2.33. The van der Waals surface area contributed by atoms with Crippen LogP contribution in [0.2, 0.25) is 0 Å². The van der Waals surface area contributed by atoms with Crippen molar-refractivity contribution < 1.29 is 17.9 Å². The van der Waals surface area contributed by atoms with E-state index < -0.39 is 16.1 Å². The van der Waals surface area contributed by atoms with Crippen LogP contribution in [-0.4, -0.2) is 20.9 Å². The molecule has 1 amide bonds. The number of rotatable bonds is 8. The van der Waals surface area contributed by atoms with Gasteiger partial charge in [-0.1, -0.05) is 72.8 Å². The van der Waals surface area contributed by atoms with Crippen molar-refractivity contribution >= 4 is 26.7 Å². The van der Waals surface area contributed by atoms with Crippen molar-refractivity contribution in [3.63, 3.8) is 0 Å². The lowest BCUT2D eigenvalue weighted by Crippen LogP contribution is -2.36. The van der Waals surface area contributed by atoms with Gasteiger partial charge in [-0.3, -0.25) is 4.79 Å². The zero-order valence-electron chi connectivity index (χ0n) is 20.3. The van der Waals surface area contributed by atoms with Crippen molar-refractivity contribution in [1.82, 2.24) is 10.0 Å². The van der Waals surface area contributed by atoms with Crippen LogP contribution >= 0.6 is 0 Å². The largest absolute Gasteiger partial charge is 0.493 e. The molecule has 0 bridgehead atoms. The van der Waals surface area contributed by atoms with E-state index in [1.165, 1.54) is 0 Å². The lowest BCUT2D eigenvalue weighted by atomic mass is 9.98. The summed E-state index contributed by atoms with van der Waals surface area (Å²) in [6.45, 7) is 0.881. The number of amides is 1. The molecule has 2 atom stereocenters. The fourth-order valence-corrected chi connectivity index (χ4v) is 5.91. The molecular weight excluding hydrogens is 486 g/mol. The minimum absolute atomic E-state index is 0.0512. The number of sulfonamides is 1. The zero-order valence-corrected chi connectivity index (χ0v) is 21.1. The number of nitrogens with two attached hydrogens (primary N) is 1. The molecule has 0 spiro atoms. The number of hydrogen-bond acceptors (Lipinski definition) is 5. The summed E-state index contributed by atoms with van der Waals surface area (Å²) in [6, 6.07) is 26.5. The second-order valence-corrected chi connectivity index (χ2v) is 10.8. The molecule has 0 saturated heterocycles. The zero-order chi connectivity index (χ0) is 25.8. The Labute approximate surface area is 216 Å². The Morgan fingerprint density at radius 1 is 0.946 bits per heavy atom. The molecule has 4 aromatic rings. The van der Waals surface area contributed by atoms with Gasteiger partial charge >= 0.3 is 0 Å². The highest BCUT2D eigenvalue weighted by molar-refractivity contribution is 7.89. The molecule has 1 aliphatic rings. The molecule has 7 nitrogen and oxygen atoms in total. The van der Waals surface area contributed by atoms with Gasteiger partial charge in [-0.2, -0.15) is 0 Å². The number of hydrogen-bond donors (Lipinski definition) is 3. The Hall–Kier alpha value is -3.72. The van der Waals surface area contributed by atoms with Gasteiger partial charge < -0.3 is 15.8 Å². The van der Waals surface area contributed by atoms with E-state index in [2.05, 4.69) is 10.0 Å². The van der Waals surface area contributed by atoms with Crippen LogP contribution in [-0.2, 0) is 21.4 Å². The molecule has 0 aromatic heterocycles. The average Bonchev–Trinajstić information content (AvgIpc) is 2.92. The summed E-state index contributed by atoms with van der Waals surface area (Å²) in [5.74, 6) is 0.465. The van der Waals surface area contributed by atoms with Gasteiger partial charge in [0.25, 0.3) is 0 Å². The predicted octanol–water partition coefficient (Wildman–Crippen LogP) is 4.35. The maximum absolute atomic E-state index is 13.4. The van der Waals surface area contributed by atoms with Crippen molar-refractivity contribution in [3.05, 3.63) is 108 Å². The third-order valence-electron chi connectivity index (χ3n) is 6.61. The molecule has 0 aliphatic carbocycles. The van der Waals surface area contributed by atoms with Crippen LogP contribution in [0.5, 0.6) is 5.75 Å². The Kier molecular flexibility index (Phi) is 7.23. The van der Waals surface area contributed by atoms with Gasteiger partial charge in [-0.25, -0.2) is 13.1 Å². The number of carbonyl (C=O) groups excluding carboxylic acids is 1. The molecule has 2 unspecified atom stereocenters. The molecule has 0 saturated carbocycles. The molecule has 1 aliphatic heterocycles. The first-order valence-corrected chi connectivity index (χ1v) is 13.7. The van der Waals surface area contributed by atoms with Crippen molar-refractivity contribution in [3.8, 4) is 5.75 Å². The normalized spacial score (nSPS) is 16.0. The maximum Gasteiger partial charge on any atom is 0.241 e. The van der Waals surface area contributed by atoms with Crippen LogP contribution in [0.15, 0.2) is 95.9 Å². The van der Waals surface area contributed by atoms with Crippen molar-refractivity contribution in [2.45, 2.75) is 36.4 Å². The Morgan fingerprint density at radius 3 is 2.49 bits per heavy atom. The van der Waals surface area contributed by atoms with Crippen LogP contribution < -0.4 is 20.5 Å². The number of nitrogens with one attached hydrogen (secondary N) is 2. The number of benzene rings is 4. The van der Waals surface area contributed by atoms with Crippen LogP contribution in [0.3, 0.4) is 0 Å². The first-order chi connectivity index (χ1) is 17.9. The fraction of sp³-hybridized carbons (Fsp3) is 0.207. The lowest BCUT2D eigenvalue weighted by molar-refractivity contribution is -0.122. The molecule has 0 radical (unpaired) electrons. The van der Waals surface area contributed by atoms with Crippen LogP contribution in [0, 0.1) is 0 Å². The molecule has 1 heterocycles. The number of carbonyl (C=O) groups is 1. The minimum atomic E-state index is -3.90. The van der Waals surface area contributed by atoms with Gasteiger partial charge in [-0.15, -0.1) is 0 Å². The number of ether oxygens (including phenoxy) is 1. The van der Waals surface area contributed by atoms with Crippen molar-refractivity contribution in [1.29, 1.82) is 0 Å². The van der Waals surface area contributed by atoms with Gasteiger partial charge in [0.1, 0.15) is 5.75 Å². The summed E-state index contributed by atoms with van der Waals surface area (Å²) in [5, 5.41) is 4.86. The quantitative estimate of drug-likeness (QED) is 0.323. The Balaban J connectivity index is 1.36. The number of fused-ring (bicyclic) bond motifs is 2. The monoisotopic (exact) mass is 515 g/mol. The van der Waals surface area contributed by atoms with Gasteiger partial charge in [0, 0.05) is 24.9 Å². The molecule has 8 heteroatoms. The van der Waals surface area contributed by atoms with E-state index in [0.717, 1.165) is 27.6 Å². The topological polar surface area (TPSA) is 111 Å². The minimum Gasteiger partial charge on any atom is -0.493 e. The van der Waals surface area contributed by atoms with Gasteiger partial charge in [-0.05, 0) is 40.1 Å². The second kappa shape index (κ2) is 10.7. The van der Waals surface area contributed by atoms with Gasteiger partial charge in [0.2, 0.25) is 15.9 Å². The molecular formula is C29H29N3O4S. The molecule has 0 fully saturated rings. The lowest BCUT2D eigenvalue weighted by Gasteiger charge is -2.28. The first-order valence-electron chi connectivity index (χ1n) is 12.2. The van der Waals surface area contributed by atoms with E-state index in [1.807, 2.05) is 72.8 Å². The Bertz CT molecular complexity index is 1520. The van der Waals surface area contributed by atoms with Crippen LogP contribution in [0.25, 0.3) is 10.8 Å². The smallest absolute Gasteiger partial charge is 0.241 e. The third kappa shape index (κ3) is 5.67. The van der Waals surface area contributed by atoms with E-state index in [1.54, 1.807) is 18.2 Å². The van der Waals surface area contributed by atoms with Gasteiger partial charge in [0.15, 0.2) is 0 Å². The molecule has 5 rings (SSSR count). The van der Waals surface area contributed by atoms with E-state index in [9.17, 15) is 13.2 Å². The summed E-state index contributed by atoms with van der Waals surface area (Å²) in [6.07, 6.45) is 0.573. The Morgan fingerprint density at radius 2 is 1.70 bits per heavy atom. The summed E-state index contributed by atoms with van der Waals surface area (Å²) in [7, 11) is -3.90. The van der Waals surface area contributed by atoms with E-state index in [4.69, 9.17) is 10.5 Å². The highest BCUT2D eigenvalue weighted by Gasteiger charge is 2.27. The summed E-state index contributed by atoms with van der Waals surface area (Å²) in [5.41, 5.74) is 8.31. The van der Waals surface area contributed by atoms with Crippen molar-refractivity contribution in [2.24, 2.45) is 5.73 Å². The van der Waals surface area contributed by atoms with E-state index in [0.29, 0.717) is 25.1 Å². The molecule has 4 aromatic carbocycles. The third-order valence-corrected chi connectivity index (χ3v) is 8.08. The molecule has 37 heavy (non-hydrogen) atoms. The maximum atomic E-state index is 13.4.